The molecule has 0 aliphatic heterocycles. The summed E-state index contributed by atoms with van der Waals surface area (Å²) in [6.07, 6.45) is 6.58. The number of fused-ring (bicyclic) bond motifs is 1. The SMILES string of the molecule is CCCCCN[C@H](CO)Cc1c[nH]c2ccccc12. The summed E-state index contributed by atoms with van der Waals surface area (Å²) in [6.45, 7) is 3.38. The lowest BCUT2D eigenvalue weighted by Gasteiger charge is -2.15. The third-order valence-electron chi connectivity index (χ3n) is 3.57. The maximum absolute atomic E-state index is 9.48. The molecule has 3 heteroatoms. The minimum absolute atomic E-state index is 0.149. The van der Waals surface area contributed by atoms with Crippen LogP contribution in [0.4, 0.5) is 0 Å². The van der Waals surface area contributed by atoms with E-state index in [-0.39, 0.29) is 12.6 Å². The van der Waals surface area contributed by atoms with Crippen molar-refractivity contribution in [2.75, 3.05) is 13.2 Å². The second-order valence-electron chi connectivity index (χ2n) is 5.10. The first-order valence-corrected chi connectivity index (χ1v) is 7.24. The Balaban J connectivity index is 1.94. The molecule has 0 bridgehead atoms. The van der Waals surface area contributed by atoms with Gasteiger partial charge in [-0.3, -0.25) is 0 Å². The van der Waals surface area contributed by atoms with Gasteiger partial charge >= 0.3 is 0 Å². The Labute approximate surface area is 115 Å². The number of benzene rings is 1. The molecule has 19 heavy (non-hydrogen) atoms. The normalized spacial score (nSPS) is 12.9. The first-order chi connectivity index (χ1) is 9.35. The molecule has 0 aliphatic carbocycles. The molecular formula is C16H24N2O. The van der Waals surface area contributed by atoms with Gasteiger partial charge in [0.25, 0.3) is 0 Å². The number of aromatic amines is 1. The second-order valence-corrected chi connectivity index (χ2v) is 5.10. The molecule has 0 spiro atoms. The fourth-order valence-electron chi connectivity index (χ4n) is 2.45. The van der Waals surface area contributed by atoms with Gasteiger partial charge in [0.1, 0.15) is 0 Å². The number of hydrogen-bond donors (Lipinski definition) is 3. The molecule has 1 aromatic carbocycles. The van der Waals surface area contributed by atoms with Crippen LogP contribution in [0, 0.1) is 0 Å². The molecular weight excluding hydrogens is 236 g/mol. The zero-order valence-electron chi connectivity index (χ0n) is 11.7. The summed E-state index contributed by atoms with van der Waals surface area (Å²) in [5.41, 5.74) is 2.44. The van der Waals surface area contributed by atoms with Crippen LogP contribution < -0.4 is 5.32 Å². The van der Waals surface area contributed by atoms with Crippen LogP contribution in [0.5, 0.6) is 0 Å². The van der Waals surface area contributed by atoms with Crippen molar-refractivity contribution in [3.05, 3.63) is 36.0 Å². The third kappa shape index (κ3) is 3.82. The smallest absolute Gasteiger partial charge is 0.0587 e. The summed E-state index contributed by atoms with van der Waals surface area (Å²) in [4.78, 5) is 3.28. The van der Waals surface area contributed by atoms with Crippen LogP contribution in [0.3, 0.4) is 0 Å². The molecule has 0 unspecified atom stereocenters. The number of H-pyrrole nitrogens is 1. The molecule has 0 radical (unpaired) electrons. The van der Waals surface area contributed by atoms with E-state index in [9.17, 15) is 5.11 Å². The van der Waals surface area contributed by atoms with Gasteiger partial charge < -0.3 is 15.4 Å². The Bertz CT molecular complexity index is 492. The van der Waals surface area contributed by atoms with Gasteiger partial charge in [-0.2, -0.15) is 0 Å². The van der Waals surface area contributed by atoms with Gasteiger partial charge in [-0.05, 0) is 31.0 Å². The van der Waals surface area contributed by atoms with Crippen LogP contribution in [0.15, 0.2) is 30.5 Å². The standard InChI is InChI=1S/C16H24N2O/c1-2-3-6-9-17-14(12-19)10-13-11-18-16-8-5-4-7-15(13)16/h4-5,7-8,11,14,17-19H,2-3,6,9-10,12H2,1H3/t14-/m0/s1. The average Bonchev–Trinajstić information content (AvgIpc) is 2.85. The topological polar surface area (TPSA) is 48.0 Å². The minimum atomic E-state index is 0.149. The van der Waals surface area contributed by atoms with Crippen molar-refractivity contribution in [3.63, 3.8) is 0 Å². The van der Waals surface area contributed by atoms with E-state index < -0.39 is 0 Å². The number of hydrogen-bond acceptors (Lipinski definition) is 2. The van der Waals surface area contributed by atoms with Crippen molar-refractivity contribution < 1.29 is 5.11 Å². The lowest BCUT2D eigenvalue weighted by atomic mass is 10.1. The number of unbranched alkanes of at least 4 members (excludes halogenated alkanes) is 2. The van der Waals surface area contributed by atoms with Gasteiger partial charge in [-0.15, -0.1) is 0 Å². The van der Waals surface area contributed by atoms with E-state index in [1.54, 1.807) is 0 Å². The fourth-order valence-corrected chi connectivity index (χ4v) is 2.45. The molecule has 0 fully saturated rings. The Hall–Kier alpha value is -1.32. The zero-order valence-corrected chi connectivity index (χ0v) is 11.7. The van der Waals surface area contributed by atoms with Gasteiger partial charge in [0.15, 0.2) is 0 Å². The van der Waals surface area contributed by atoms with Gasteiger partial charge in [-0.25, -0.2) is 0 Å². The molecule has 3 N–H and O–H groups in total. The van der Waals surface area contributed by atoms with Gasteiger partial charge in [0.2, 0.25) is 0 Å². The van der Waals surface area contributed by atoms with Crippen molar-refractivity contribution in [1.29, 1.82) is 0 Å². The Morgan fingerprint density at radius 3 is 2.89 bits per heavy atom. The van der Waals surface area contributed by atoms with E-state index in [1.165, 1.54) is 35.7 Å². The Morgan fingerprint density at radius 2 is 2.11 bits per heavy atom. The fraction of sp³-hybridized carbons (Fsp3) is 0.500. The Kier molecular flexibility index (Phi) is 5.43. The van der Waals surface area contributed by atoms with Crippen molar-refractivity contribution in [2.45, 2.75) is 38.6 Å². The van der Waals surface area contributed by atoms with Crippen molar-refractivity contribution in [3.8, 4) is 0 Å². The number of aromatic nitrogens is 1. The van der Waals surface area contributed by atoms with Crippen molar-refractivity contribution in [2.24, 2.45) is 0 Å². The first kappa shape index (κ1) is 14.1. The van der Waals surface area contributed by atoms with Crippen LogP contribution in [-0.2, 0) is 6.42 Å². The van der Waals surface area contributed by atoms with Crippen LogP contribution >= 0.6 is 0 Å². The highest BCUT2D eigenvalue weighted by molar-refractivity contribution is 5.83. The third-order valence-corrected chi connectivity index (χ3v) is 3.57. The van der Waals surface area contributed by atoms with E-state index >= 15 is 0 Å². The largest absolute Gasteiger partial charge is 0.395 e. The van der Waals surface area contributed by atoms with Crippen LogP contribution in [0.25, 0.3) is 10.9 Å². The number of nitrogens with one attached hydrogen (secondary N) is 2. The molecule has 0 amide bonds. The van der Waals surface area contributed by atoms with E-state index in [0.29, 0.717) is 0 Å². The van der Waals surface area contributed by atoms with Crippen LogP contribution in [0.2, 0.25) is 0 Å². The highest BCUT2D eigenvalue weighted by Crippen LogP contribution is 2.18. The summed E-state index contributed by atoms with van der Waals surface area (Å²) >= 11 is 0. The number of rotatable bonds is 8. The molecule has 1 atom stereocenters. The highest BCUT2D eigenvalue weighted by Gasteiger charge is 2.10. The minimum Gasteiger partial charge on any atom is -0.395 e. The average molecular weight is 260 g/mol. The molecule has 0 saturated heterocycles. The lowest BCUT2D eigenvalue weighted by molar-refractivity contribution is 0.241. The van der Waals surface area contributed by atoms with Gasteiger partial charge in [-0.1, -0.05) is 38.0 Å². The van der Waals surface area contributed by atoms with Crippen LogP contribution in [0.1, 0.15) is 31.7 Å². The monoisotopic (exact) mass is 260 g/mol. The van der Waals surface area contributed by atoms with E-state index in [2.05, 4.69) is 41.6 Å². The summed E-state index contributed by atoms with van der Waals surface area (Å²) < 4.78 is 0. The zero-order chi connectivity index (χ0) is 13.5. The quantitative estimate of drug-likeness (QED) is 0.639. The predicted molar refractivity (Wildman–Crippen MR) is 80.4 cm³/mol. The molecule has 1 aromatic heterocycles. The number of para-hydroxylation sites is 1. The summed E-state index contributed by atoms with van der Waals surface area (Å²) in [7, 11) is 0. The van der Waals surface area contributed by atoms with Crippen LogP contribution in [-0.4, -0.2) is 29.3 Å². The molecule has 0 aliphatic rings. The van der Waals surface area contributed by atoms with E-state index in [0.717, 1.165) is 13.0 Å². The molecule has 2 aromatic rings. The molecule has 3 nitrogen and oxygen atoms in total. The molecule has 0 saturated carbocycles. The summed E-state index contributed by atoms with van der Waals surface area (Å²) in [5, 5.41) is 14.2. The van der Waals surface area contributed by atoms with E-state index in [1.807, 2.05) is 6.07 Å². The van der Waals surface area contributed by atoms with Gasteiger partial charge in [0, 0.05) is 23.1 Å². The predicted octanol–water partition coefficient (Wildman–Crippen LogP) is 2.85. The number of aliphatic hydroxyl groups excluding tert-OH is 1. The molecule has 2 rings (SSSR count). The summed E-state index contributed by atoms with van der Waals surface area (Å²) in [5.74, 6) is 0. The summed E-state index contributed by atoms with van der Waals surface area (Å²) in [6, 6.07) is 8.46. The second kappa shape index (κ2) is 7.31. The lowest BCUT2D eigenvalue weighted by Crippen LogP contribution is -2.35. The Morgan fingerprint density at radius 1 is 1.26 bits per heavy atom. The molecule has 104 valence electrons. The maximum Gasteiger partial charge on any atom is 0.0587 e. The van der Waals surface area contributed by atoms with E-state index in [4.69, 9.17) is 0 Å². The van der Waals surface area contributed by atoms with Crippen molar-refractivity contribution in [1.82, 2.24) is 10.3 Å². The van der Waals surface area contributed by atoms with Gasteiger partial charge in [0.05, 0.1) is 6.61 Å². The maximum atomic E-state index is 9.48. The van der Waals surface area contributed by atoms with Crippen molar-refractivity contribution >= 4 is 10.9 Å². The first-order valence-electron chi connectivity index (χ1n) is 7.24. The number of aliphatic hydroxyl groups is 1. The molecule has 1 heterocycles. The highest BCUT2D eigenvalue weighted by atomic mass is 16.3.